The first-order valence-corrected chi connectivity index (χ1v) is 9.56. The normalized spacial score (nSPS) is 18.9. The molecule has 1 fully saturated rings. The number of hydrogen-bond acceptors (Lipinski definition) is 4. The summed E-state index contributed by atoms with van der Waals surface area (Å²) in [7, 11) is 0. The van der Waals surface area contributed by atoms with Crippen molar-refractivity contribution in [2.75, 3.05) is 13.1 Å². The molecular formula is C22H23N3O4. The minimum Gasteiger partial charge on any atom is -0.481 e. The number of aromatic nitrogens is 2. The average Bonchev–Trinajstić information content (AvgIpc) is 3.39. The molecule has 1 N–H and O–H groups in total. The number of nitrogens with zero attached hydrogens (tertiary/aromatic N) is 3. The zero-order valence-corrected chi connectivity index (χ0v) is 16.6. The van der Waals surface area contributed by atoms with Crippen LogP contribution < -0.4 is 0 Å². The third kappa shape index (κ3) is 3.33. The molecule has 0 spiro atoms. The molecule has 2 atom stereocenters. The lowest BCUT2D eigenvalue weighted by atomic mass is 9.89. The molecule has 1 aliphatic heterocycles. The molecule has 7 nitrogen and oxygen atoms in total. The van der Waals surface area contributed by atoms with Gasteiger partial charge in [0.15, 0.2) is 5.82 Å². The van der Waals surface area contributed by atoms with Crippen molar-refractivity contribution in [1.29, 1.82) is 0 Å². The van der Waals surface area contributed by atoms with Crippen LogP contribution in [0.25, 0.3) is 5.82 Å². The summed E-state index contributed by atoms with van der Waals surface area (Å²) in [5, 5.41) is 13.8. The third-order valence-electron chi connectivity index (χ3n) is 5.66. The first-order valence-electron chi connectivity index (χ1n) is 9.56. The van der Waals surface area contributed by atoms with Crippen LogP contribution in [0.5, 0.6) is 0 Å². The van der Waals surface area contributed by atoms with Gasteiger partial charge in [0.05, 0.1) is 11.5 Å². The fourth-order valence-corrected chi connectivity index (χ4v) is 4.22. The number of carboxylic acid groups (broad SMARTS) is 1. The van der Waals surface area contributed by atoms with Gasteiger partial charge in [0.1, 0.15) is 5.76 Å². The fourth-order valence-electron chi connectivity index (χ4n) is 4.22. The number of carbonyl (C=O) groups is 2. The van der Waals surface area contributed by atoms with Crippen LogP contribution in [0.1, 0.15) is 39.0 Å². The smallest absolute Gasteiger partial charge is 0.308 e. The van der Waals surface area contributed by atoms with E-state index in [1.165, 1.54) is 0 Å². The molecule has 3 aromatic rings. The minimum absolute atomic E-state index is 0.158. The van der Waals surface area contributed by atoms with Crippen LogP contribution in [0.2, 0.25) is 0 Å². The number of carbonyl (C=O) groups excluding carboxylic acids is 1. The maximum Gasteiger partial charge on any atom is 0.308 e. The Balaban J connectivity index is 1.64. The van der Waals surface area contributed by atoms with Crippen LogP contribution in [0.3, 0.4) is 0 Å². The van der Waals surface area contributed by atoms with Crippen molar-refractivity contribution in [3.05, 3.63) is 70.7 Å². The molecule has 0 saturated carbocycles. The molecule has 1 amide bonds. The zero-order valence-electron chi connectivity index (χ0n) is 16.6. The van der Waals surface area contributed by atoms with Crippen molar-refractivity contribution >= 4 is 11.9 Å². The molecule has 0 aliphatic carbocycles. The van der Waals surface area contributed by atoms with E-state index in [2.05, 4.69) is 5.16 Å². The number of aryl methyl sites for hydroxylation is 2. The van der Waals surface area contributed by atoms with Crippen LogP contribution in [0, 0.1) is 26.7 Å². The highest BCUT2D eigenvalue weighted by Crippen LogP contribution is 2.34. The molecule has 1 saturated heterocycles. The third-order valence-corrected chi connectivity index (χ3v) is 5.66. The molecule has 0 radical (unpaired) electrons. The van der Waals surface area contributed by atoms with Crippen molar-refractivity contribution in [1.82, 2.24) is 14.6 Å². The number of aliphatic carboxylic acids is 1. The molecule has 1 aliphatic rings. The highest BCUT2D eigenvalue weighted by molar-refractivity contribution is 5.96. The van der Waals surface area contributed by atoms with Gasteiger partial charge in [-0.2, -0.15) is 0 Å². The van der Waals surface area contributed by atoms with Gasteiger partial charge >= 0.3 is 5.97 Å². The molecular weight excluding hydrogens is 370 g/mol. The fraction of sp³-hybridized carbons (Fsp3) is 0.318. The van der Waals surface area contributed by atoms with Crippen LogP contribution in [0.15, 0.2) is 47.0 Å². The molecule has 2 aromatic heterocycles. The van der Waals surface area contributed by atoms with Gasteiger partial charge in [0, 0.05) is 36.5 Å². The average molecular weight is 393 g/mol. The predicted molar refractivity (Wildman–Crippen MR) is 106 cm³/mol. The zero-order chi connectivity index (χ0) is 20.7. The van der Waals surface area contributed by atoms with E-state index in [-0.39, 0.29) is 18.4 Å². The number of likely N-dealkylation sites (tertiary alicyclic amines) is 1. The summed E-state index contributed by atoms with van der Waals surface area (Å²) in [5.41, 5.74) is 3.13. The number of hydrogen-bond donors (Lipinski definition) is 1. The highest BCUT2D eigenvalue weighted by Gasteiger charge is 2.41. The van der Waals surface area contributed by atoms with Crippen molar-refractivity contribution in [3.8, 4) is 5.82 Å². The van der Waals surface area contributed by atoms with Gasteiger partial charge in [-0.05, 0) is 32.4 Å². The Hall–Kier alpha value is -3.35. The van der Waals surface area contributed by atoms with Crippen molar-refractivity contribution < 1.29 is 19.2 Å². The Labute approximate surface area is 168 Å². The maximum atomic E-state index is 13.3. The van der Waals surface area contributed by atoms with E-state index in [0.717, 1.165) is 17.0 Å². The van der Waals surface area contributed by atoms with E-state index in [9.17, 15) is 14.7 Å². The molecule has 4 rings (SSSR count). The lowest BCUT2D eigenvalue weighted by Gasteiger charge is -2.17. The van der Waals surface area contributed by atoms with Gasteiger partial charge in [0.2, 0.25) is 0 Å². The second-order valence-electron chi connectivity index (χ2n) is 7.59. The SMILES string of the molecule is Cc1cc(-n2c(C)cc(C(=O)N3C[C@H](C(=O)O)[C@H](c4ccccc4)C3)c2C)no1. The molecule has 29 heavy (non-hydrogen) atoms. The van der Waals surface area contributed by atoms with Crippen LogP contribution in [-0.4, -0.2) is 44.7 Å². The molecule has 0 bridgehead atoms. The number of amides is 1. The molecule has 1 aromatic carbocycles. The van der Waals surface area contributed by atoms with Gasteiger partial charge in [-0.15, -0.1) is 0 Å². The van der Waals surface area contributed by atoms with E-state index >= 15 is 0 Å². The monoisotopic (exact) mass is 393 g/mol. The lowest BCUT2D eigenvalue weighted by molar-refractivity contribution is -0.141. The van der Waals surface area contributed by atoms with Gasteiger partial charge in [-0.25, -0.2) is 0 Å². The summed E-state index contributed by atoms with van der Waals surface area (Å²) in [6.07, 6.45) is 0. The second-order valence-corrected chi connectivity index (χ2v) is 7.59. The van der Waals surface area contributed by atoms with Crippen molar-refractivity contribution in [3.63, 3.8) is 0 Å². The summed E-state index contributed by atoms with van der Waals surface area (Å²) in [5.74, 6) is -0.562. The standard InChI is InChI=1S/C22H23N3O4/c1-13-9-17(15(3)25(13)20-10-14(2)29-23-20)21(26)24-11-18(19(12-24)22(27)28)16-7-5-4-6-8-16/h4-10,18-19H,11-12H2,1-3H3,(H,27,28)/t18-,19-/m0/s1. The Bertz CT molecular complexity index is 1070. The van der Waals surface area contributed by atoms with Gasteiger partial charge in [-0.3, -0.25) is 14.2 Å². The van der Waals surface area contributed by atoms with E-state index < -0.39 is 11.9 Å². The minimum atomic E-state index is -0.877. The lowest BCUT2D eigenvalue weighted by Crippen LogP contribution is -2.30. The van der Waals surface area contributed by atoms with E-state index in [1.54, 1.807) is 4.90 Å². The van der Waals surface area contributed by atoms with Crippen molar-refractivity contribution in [2.45, 2.75) is 26.7 Å². The summed E-state index contributed by atoms with van der Waals surface area (Å²) >= 11 is 0. The maximum absolute atomic E-state index is 13.3. The van der Waals surface area contributed by atoms with Gasteiger partial charge in [0.25, 0.3) is 5.91 Å². The van der Waals surface area contributed by atoms with E-state index in [0.29, 0.717) is 23.7 Å². The molecule has 150 valence electrons. The van der Waals surface area contributed by atoms with Crippen LogP contribution >= 0.6 is 0 Å². The van der Waals surface area contributed by atoms with Crippen LogP contribution in [0.4, 0.5) is 0 Å². The number of carboxylic acids is 1. The Morgan fingerprint density at radius 1 is 1.10 bits per heavy atom. The summed E-state index contributed by atoms with van der Waals surface area (Å²) in [6, 6.07) is 13.2. The summed E-state index contributed by atoms with van der Waals surface area (Å²) < 4.78 is 7.05. The second kappa shape index (κ2) is 7.24. The topological polar surface area (TPSA) is 88.6 Å². The Morgan fingerprint density at radius 2 is 1.83 bits per heavy atom. The largest absolute Gasteiger partial charge is 0.481 e. The quantitative estimate of drug-likeness (QED) is 0.734. The van der Waals surface area contributed by atoms with Crippen molar-refractivity contribution in [2.24, 2.45) is 5.92 Å². The first-order chi connectivity index (χ1) is 13.9. The van der Waals surface area contributed by atoms with E-state index in [1.807, 2.05) is 67.8 Å². The molecule has 0 unspecified atom stereocenters. The predicted octanol–water partition coefficient (Wildman–Crippen LogP) is 3.33. The Kier molecular flexibility index (Phi) is 4.74. The van der Waals surface area contributed by atoms with Gasteiger partial charge < -0.3 is 14.5 Å². The van der Waals surface area contributed by atoms with Crippen LogP contribution in [-0.2, 0) is 4.79 Å². The Morgan fingerprint density at radius 3 is 2.45 bits per heavy atom. The summed E-state index contributed by atoms with van der Waals surface area (Å²) in [6.45, 7) is 6.16. The first kappa shape index (κ1) is 19.0. The number of benzene rings is 1. The molecule has 7 heteroatoms. The number of rotatable bonds is 4. The van der Waals surface area contributed by atoms with E-state index in [4.69, 9.17) is 4.52 Å². The highest BCUT2D eigenvalue weighted by atomic mass is 16.5. The summed E-state index contributed by atoms with van der Waals surface area (Å²) in [4.78, 5) is 26.8. The van der Waals surface area contributed by atoms with Gasteiger partial charge in [-0.1, -0.05) is 35.5 Å². The molecule has 3 heterocycles.